The number of carbonyl (C=O) groups excluding carboxylic acids is 2. The summed E-state index contributed by atoms with van der Waals surface area (Å²) in [4.78, 5) is 23.7. The van der Waals surface area contributed by atoms with Crippen LogP contribution in [-0.2, 0) is 9.53 Å². The van der Waals surface area contributed by atoms with E-state index in [-0.39, 0.29) is 11.8 Å². The standard InChI is InChI=1S/C20H29NO3/c1-7-17(22)12-13-18(21-19(23)24-20(4,5)6)16-10-8-15(9-11-16)14(2)3/h8-11,18H,2,7,12-13H2,1,3-6H3,(H,21,23)/t18-/m0/s1. The van der Waals surface area contributed by atoms with E-state index >= 15 is 0 Å². The summed E-state index contributed by atoms with van der Waals surface area (Å²) in [5.41, 5.74) is 2.44. The lowest BCUT2D eigenvalue weighted by atomic mass is 9.98. The molecule has 1 N–H and O–H groups in total. The van der Waals surface area contributed by atoms with Gasteiger partial charge in [0.15, 0.2) is 0 Å². The molecule has 1 rings (SSSR count). The SMILES string of the molecule is C=C(C)c1ccc([C@H](CCC(=O)CC)NC(=O)OC(C)(C)C)cc1. The maximum Gasteiger partial charge on any atom is 0.408 e. The Morgan fingerprint density at radius 2 is 1.79 bits per heavy atom. The number of ether oxygens (including phenoxy) is 1. The van der Waals surface area contributed by atoms with Crippen molar-refractivity contribution in [1.82, 2.24) is 5.32 Å². The second-order valence-electron chi connectivity index (χ2n) is 7.03. The van der Waals surface area contributed by atoms with Crippen molar-refractivity contribution in [2.75, 3.05) is 0 Å². The van der Waals surface area contributed by atoms with E-state index < -0.39 is 11.7 Å². The second-order valence-corrected chi connectivity index (χ2v) is 7.03. The highest BCUT2D eigenvalue weighted by Gasteiger charge is 2.21. The third-order valence-corrected chi connectivity index (χ3v) is 3.60. The van der Waals surface area contributed by atoms with Gasteiger partial charge in [0, 0.05) is 12.8 Å². The smallest absolute Gasteiger partial charge is 0.408 e. The van der Waals surface area contributed by atoms with Crippen LogP contribution in [0.15, 0.2) is 30.8 Å². The molecule has 1 aromatic carbocycles. The number of alkyl carbamates (subject to hydrolysis) is 1. The van der Waals surface area contributed by atoms with Gasteiger partial charge >= 0.3 is 6.09 Å². The molecule has 4 heteroatoms. The fraction of sp³-hybridized carbons (Fsp3) is 0.500. The molecule has 0 unspecified atom stereocenters. The summed E-state index contributed by atoms with van der Waals surface area (Å²) in [6.45, 7) is 13.2. The Morgan fingerprint density at radius 3 is 2.25 bits per heavy atom. The molecule has 0 aliphatic rings. The van der Waals surface area contributed by atoms with Crippen molar-refractivity contribution >= 4 is 17.4 Å². The number of hydrogen-bond acceptors (Lipinski definition) is 3. The van der Waals surface area contributed by atoms with E-state index in [1.165, 1.54) is 0 Å². The molecule has 24 heavy (non-hydrogen) atoms. The molecular weight excluding hydrogens is 302 g/mol. The molecule has 1 atom stereocenters. The number of amides is 1. The highest BCUT2D eigenvalue weighted by Crippen LogP contribution is 2.22. The van der Waals surface area contributed by atoms with Crippen LogP contribution in [0.4, 0.5) is 4.79 Å². The summed E-state index contributed by atoms with van der Waals surface area (Å²) in [7, 11) is 0. The van der Waals surface area contributed by atoms with Crippen molar-refractivity contribution in [1.29, 1.82) is 0 Å². The number of carbonyl (C=O) groups is 2. The van der Waals surface area contributed by atoms with Crippen LogP contribution >= 0.6 is 0 Å². The third kappa shape index (κ3) is 6.99. The number of rotatable bonds is 7. The van der Waals surface area contributed by atoms with E-state index in [9.17, 15) is 9.59 Å². The van der Waals surface area contributed by atoms with E-state index in [0.29, 0.717) is 19.3 Å². The zero-order valence-electron chi connectivity index (χ0n) is 15.4. The molecule has 4 nitrogen and oxygen atoms in total. The molecule has 0 heterocycles. The van der Waals surface area contributed by atoms with E-state index in [1.54, 1.807) is 0 Å². The maximum absolute atomic E-state index is 12.1. The Hall–Kier alpha value is -2.10. The van der Waals surface area contributed by atoms with Gasteiger partial charge in [-0.2, -0.15) is 0 Å². The van der Waals surface area contributed by atoms with E-state index in [4.69, 9.17) is 4.74 Å². The molecule has 1 amide bonds. The Labute approximate surface area is 145 Å². The summed E-state index contributed by atoms with van der Waals surface area (Å²) < 4.78 is 5.34. The molecule has 0 fully saturated rings. The van der Waals surface area contributed by atoms with Gasteiger partial charge in [-0.25, -0.2) is 4.79 Å². The molecule has 0 aromatic heterocycles. The first kappa shape index (κ1) is 19.9. The number of hydrogen-bond donors (Lipinski definition) is 1. The van der Waals surface area contributed by atoms with Crippen molar-refractivity contribution < 1.29 is 14.3 Å². The predicted molar refractivity (Wildman–Crippen MR) is 97.8 cm³/mol. The second kappa shape index (κ2) is 8.67. The maximum atomic E-state index is 12.1. The van der Waals surface area contributed by atoms with Gasteiger partial charge in [0.2, 0.25) is 0 Å². The molecule has 132 valence electrons. The first-order valence-corrected chi connectivity index (χ1v) is 8.39. The Morgan fingerprint density at radius 1 is 1.21 bits per heavy atom. The van der Waals surface area contributed by atoms with Gasteiger partial charge in [-0.1, -0.05) is 43.3 Å². The fourth-order valence-electron chi connectivity index (χ4n) is 2.25. The van der Waals surface area contributed by atoms with Gasteiger partial charge in [-0.15, -0.1) is 0 Å². The molecule has 0 saturated carbocycles. The van der Waals surface area contributed by atoms with Crippen LogP contribution in [0.25, 0.3) is 5.57 Å². The van der Waals surface area contributed by atoms with Crippen LogP contribution in [0, 0.1) is 0 Å². The third-order valence-electron chi connectivity index (χ3n) is 3.60. The lowest BCUT2D eigenvalue weighted by Crippen LogP contribution is -2.35. The monoisotopic (exact) mass is 331 g/mol. The van der Waals surface area contributed by atoms with Crippen molar-refractivity contribution in [2.24, 2.45) is 0 Å². The van der Waals surface area contributed by atoms with Gasteiger partial charge in [-0.05, 0) is 45.2 Å². The Balaban J connectivity index is 2.89. The molecular formula is C20H29NO3. The van der Waals surface area contributed by atoms with Gasteiger partial charge in [-0.3, -0.25) is 4.79 Å². The van der Waals surface area contributed by atoms with Crippen LogP contribution in [0.2, 0.25) is 0 Å². The van der Waals surface area contributed by atoms with Gasteiger partial charge in [0.05, 0.1) is 6.04 Å². The summed E-state index contributed by atoms with van der Waals surface area (Å²) >= 11 is 0. The minimum atomic E-state index is -0.558. The van der Waals surface area contributed by atoms with Gasteiger partial charge < -0.3 is 10.1 Å². The van der Waals surface area contributed by atoms with Gasteiger partial charge in [0.1, 0.15) is 11.4 Å². The lowest BCUT2D eigenvalue weighted by molar-refractivity contribution is -0.119. The summed E-state index contributed by atoms with van der Waals surface area (Å²) in [5, 5.41) is 2.88. The van der Waals surface area contributed by atoms with Crippen molar-refractivity contribution in [3.05, 3.63) is 42.0 Å². The largest absolute Gasteiger partial charge is 0.444 e. The molecule has 0 saturated heterocycles. The molecule has 0 aliphatic carbocycles. The van der Waals surface area contributed by atoms with Crippen LogP contribution < -0.4 is 5.32 Å². The zero-order valence-corrected chi connectivity index (χ0v) is 15.4. The number of Topliss-reactive ketones (excluding diaryl/α,β-unsaturated/α-hetero) is 1. The van der Waals surface area contributed by atoms with Crippen LogP contribution in [0.1, 0.15) is 71.0 Å². The normalized spacial score (nSPS) is 12.4. The van der Waals surface area contributed by atoms with Crippen molar-refractivity contribution in [2.45, 2.75) is 65.5 Å². The van der Waals surface area contributed by atoms with Crippen LogP contribution in [0.3, 0.4) is 0 Å². The van der Waals surface area contributed by atoms with Crippen LogP contribution in [-0.4, -0.2) is 17.5 Å². The Kier molecular flexibility index (Phi) is 7.20. The summed E-state index contributed by atoms with van der Waals surface area (Å²) in [6.07, 6.45) is 1.02. The number of nitrogens with one attached hydrogen (secondary N) is 1. The highest BCUT2D eigenvalue weighted by atomic mass is 16.6. The lowest BCUT2D eigenvalue weighted by Gasteiger charge is -2.24. The van der Waals surface area contributed by atoms with Crippen molar-refractivity contribution in [3.8, 4) is 0 Å². The first-order chi connectivity index (χ1) is 11.1. The number of allylic oxidation sites excluding steroid dienone is 1. The zero-order chi connectivity index (χ0) is 18.3. The number of ketones is 1. The van der Waals surface area contributed by atoms with E-state index in [0.717, 1.165) is 16.7 Å². The summed E-state index contributed by atoms with van der Waals surface area (Å²) in [6, 6.07) is 7.62. The van der Waals surface area contributed by atoms with E-state index in [1.807, 2.05) is 58.9 Å². The number of benzene rings is 1. The first-order valence-electron chi connectivity index (χ1n) is 8.39. The summed E-state index contributed by atoms with van der Waals surface area (Å²) in [5.74, 6) is 0.185. The molecule has 0 radical (unpaired) electrons. The Bertz CT molecular complexity index is 582. The minimum Gasteiger partial charge on any atom is -0.444 e. The minimum absolute atomic E-state index is 0.185. The fourth-order valence-corrected chi connectivity index (χ4v) is 2.25. The average Bonchev–Trinajstić information content (AvgIpc) is 2.49. The molecule has 0 aliphatic heterocycles. The quantitative estimate of drug-likeness (QED) is 0.761. The predicted octanol–water partition coefficient (Wildman–Crippen LogP) is 5.04. The van der Waals surface area contributed by atoms with Crippen LogP contribution in [0.5, 0.6) is 0 Å². The molecule has 1 aromatic rings. The van der Waals surface area contributed by atoms with E-state index in [2.05, 4.69) is 11.9 Å². The topological polar surface area (TPSA) is 55.4 Å². The highest BCUT2D eigenvalue weighted by molar-refractivity contribution is 5.78. The van der Waals surface area contributed by atoms with Crippen molar-refractivity contribution in [3.63, 3.8) is 0 Å². The average molecular weight is 331 g/mol. The van der Waals surface area contributed by atoms with Gasteiger partial charge in [0.25, 0.3) is 0 Å². The molecule has 0 bridgehead atoms. The molecule has 0 spiro atoms.